The Hall–Kier alpha value is -2.02. The number of hydrogen-bond acceptors (Lipinski definition) is 5. The van der Waals surface area contributed by atoms with Gasteiger partial charge < -0.3 is 5.73 Å². The quantitative estimate of drug-likeness (QED) is 0.700. The van der Waals surface area contributed by atoms with Crippen LogP contribution in [0.4, 0.5) is 10.1 Å². The summed E-state index contributed by atoms with van der Waals surface area (Å²) in [5.41, 5.74) is 6.20. The molecule has 104 valence electrons. The van der Waals surface area contributed by atoms with Crippen LogP contribution in [-0.2, 0) is 5.41 Å². The van der Waals surface area contributed by atoms with Gasteiger partial charge in [-0.25, -0.2) is 4.39 Å². The van der Waals surface area contributed by atoms with Crippen LogP contribution in [-0.4, -0.2) is 19.8 Å². The number of fused-ring (bicyclic) bond motifs is 1. The minimum absolute atomic E-state index is 0.176. The number of benzene rings is 1. The molecular formula is C13H14FN5S. The van der Waals surface area contributed by atoms with E-state index in [0.717, 1.165) is 5.82 Å². The van der Waals surface area contributed by atoms with Crippen LogP contribution in [0.15, 0.2) is 18.2 Å². The lowest BCUT2D eigenvalue weighted by Gasteiger charge is -2.13. The number of nitrogens with two attached hydrogens (primary N) is 1. The van der Waals surface area contributed by atoms with Gasteiger partial charge in [0, 0.05) is 16.7 Å². The zero-order valence-corrected chi connectivity index (χ0v) is 12.2. The Balaban J connectivity index is 2.16. The van der Waals surface area contributed by atoms with E-state index in [1.165, 1.54) is 17.4 Å². The first-order valence-corrected chi connectivity index (χ1v) is 6.96. The molecule has 2 N–H and O–H groups in total. The summed E-state index contributed by atoms with van der Waals surface area (Å²) in [6, 6.07) is 4.58. The Morgan fingerprint density at radius 1 is 1.25 bits per heavy atom. The zero-order valence-electron chi connectivity index (χ0n) is 11.4. The first kappa shape index (κ1) is 13.0. The van der Waals surface area contributed by atoms with Crippen molar-refractivity contribution in [3.8, 4) is 10.6 Å². The first-order chi connectivity index (χ1) is 9.36. The van der Waals surface area contributed by atoms with E-state index in [1.807, 2.05) is 20.8 Å². The summed E-state index contributed by atoms with van der Waals surface area (Å²) in [6.07, 6.45) is 0. The molecule has 20 heavy (non-hydrogen) atoms. The summed E-state index contributed by atoms with van der Waals surface area (Å²) in [4.78, 5) is 0.654. The smallest absolute Gasteiger partial charge is 0.235 e. The standard InChI is InChI=1S/C13H14FN5S/c1-13(2,3)11-16-17-12-19(11)18-10(20-12)8-5-4-7(15)6-9(8)14/h4-6H,15H2,1-3H3. The molecule has 0 radical (unpaired) electrons. The van der Waals surface area contributed by atoms with Gasteiger partial charge in [0.1, 0.15) is 5.82 Å². The van der Waals surface area contributed by atoms with Crippen LogP contribution in [0, 0.1) is 5.82 Å². The summed E-state index contributed by atoms with van der Waals surface area (Å²) >= 11 is 1.30. The molecule has 0 bridgehead atoms. The molecule has 0 saturated carbocycles. The molecule has 0 amide bonds. The van der Waals surface area contributed by atoms with Gasteiger partial charge in [0.2, 0.25) is 4.96 Å². The van der Waals surface area contributed by atoms with Crippen molar-refractivity contribution in [2.75, 3.05) is 5.73 Å². The molecule has 0 aliphatic carbocycles. The van der Waals surface area contributed by atoms with Crippen LogP contribution < -0.4 is 5.73 Å². The van der Waals surface area contributed by atoms with Crippen molar-refractivity contribution in [3.05, 3.63) is 29.8 Å². The predicted octanol–water partition coefficient (Wildman–Crippen LogP) is 2.87. The highest BCUT2D eigenvalue weighted by Crippen LogP contribution is 2.30. The zero-order chi connectivity index (χ0) is 14.5. The normalized spacial score (nSPS) is 12.2. The van der Waals surface area contributed by atoms with E-state index in [9.17, 15) is 4.39 Å². The number of nitrogen functional groups attached to an aromatic ring is 1. The van der Waals surface area contributed by atoms with E-state index in [4.69, 9.17) is 5.73 Å². The van der Waals surface area contributed by atoms with Gasteiger partial charge in [0.05, 0.1) is 0 Å². The van der Waals surface area contributed by atoms with Crippen LogP contribution in [0.1, 0.15) is 26.6 Å². The topological polar surface area (TPSA) is 69.1 Å². The van der Waals surface area contributed by atoms with Gasteiger partial charge >= 0.3 is 0 Å². The number of halogens is 1. The third kappa shape index (κ3) is 2.03. The summed E-state index contributed by atoms with van der Waals surface area (Å²) in [7, 11) is 0. The number of anilines is 1. The Bertz CT molecular complexity index is 784. The lowest BCUT2D eigenvalue weighted by atomic mass is 9.96. The SMILES string of the molecule is CC(C)(C)c1nnc2sc(-c3ccc(N)cc3F)nn12. The second-order valence-corrected chi connectivity index (χ2v) is 6.57. The summed E-state index contributed by atoms with van der Waals surface area (Å²) in [6.45, 7) is 6.10. The fraction of sp³-hybridized carbons (Fsp3) is 0.308. The van der Waals surface area contributed by atoms with Gasteiger partial charge in [-0.3, -0.25) is 0 Å². The fourth-order valence-electron chi connectivity index (χ4n) is 1.90. The highest BCUT2D eigenvalue weighted by atomic mass is 32.1. The van der Waals surface area contributed by atoms with Crippen molar-refractivity contribution in [2.45, 2.75) is 26.2 Å². The Labute approximate surface area is 119 Å². The van der Waals surface area contributed by atoms with E-state index in [-0.39, 0.29) is 11.2 Å². The molecule has 2 aromatic heterocycles. The number of nitrogens with zero attached hydrogens (tertiary/aromatic N) is 4. The maximum atomic E-state index is 13.9. The molecule has 0 spiro atoms. The van der Waals surface area contributed by atoms with Crippen LogP contribution in [0.5, 0.6) is 0 Å². The van der Waals surface area contributed by atoms with E-state index >= 15 is 0 Å². The maximum absolute atomic E-state index is 13.9. The molecule has 5 nitrogen and oxygen atoms in total. The summed E-state index contributed by atoms with van der Waals surface area (Å²) in [5, 5.41) is 13.2. The molecule has 0 unspecified atom stereocenters. The molecule has 0 aliphatic rings. The number of aromatic nitrogens is 4. The van der Waals surface area contributed by atoms with Crippen molar-refractivity contribution in [3.63, 3.8) is 0 Å². The monoisotopic (exact) mass is 291 g/mol. The maximum Gasteiger partial charge on any atom is 0.235 e. The second kappa shape index (κ2) is 4.24. The second-order valence-electron chi connectivity index (χ2n) is 5.61. The van der Waals surface area contributed by atoms with Gasteiger partial charge in [-0.15, -0.1) is 10.2 Å². The first-order valence-electron chi connectivity index (χ1n) is 6.14. The molecule has 3 aromatic rings. The van der Waals surface area contributed by atoms with Crippen molar-refractivity contribution in [1.29, 1.82) is 0 Å². The Kier molecular flexibility index (Phi) is 2.75. The number of rotatable bonds is 1. The molecule has 0 aliphatic heterocycles. The highest BCUT2D eigenvalue weighted by molar-refractivity contribution is 7.19. The lowest BCUT2D eigenvalue weighted by molar-refractivity contribution is 0.528. The molecule has 7 heteroatoms. The van der Waals surface area contributed by atoms with Crippen molar-refractivity contribution in [2.24, 2.45) is 0 Å². The van der Waals surface area contributed by atoms with Crippen molar-refractivity contribution >= 4 is 22.0 Å². The molecule has 3 rings (SSSR count). The largest absolute Gasteiger partial charge is 0.399 e. The van der Waals surface area contributed by atoms with E-state index in [0.29, 0.717) is 21.2 Å². The average molecular weight is 291 g/mol. The minimum atomic E-state index is -0.382. The van der Waals surface area contributed by atoms with E-state index in [1.54, 1.807) is 16.6 Å². The van der Waals surface area contributed by atoms with E-state index < -0.39 is 0 Å². The third-order valence-electron chi connectivity index (χ3n) is 2.89. The Morgan fingerprint density at radius 3 is 2.65 bits per heavy atom. The van der Waals surface area contributed by atoms with Gasteiger partial charge in [-0.1, -0.05) is 32.1 Å². The summed E-state index contributed by atoms with van der Waals surface area (Å²) in [5.74, 6) is 0.373. The van der Waals surface area contributed by atoms with Crippen LogP contribution >= 0.6 is 11.3 Å². The van der Waals surface area contributed by atoms with E-state index in [2.05, 4.69) is 15.3 Å². The molecule has 2 heterocycles. The molecule has 1 aromatic carbocycles. The molecule has 0 fully saturated rings. The molecular weight excluding hydrogens is 277 g/mol. The minimum Gasteiger partial charge on any atom is -0.399 e. The molecule has 0 saturated heterocycles. The Morgan fingerprint density at radius 2 is 2.00 bits per heavy atom. The van der Waals surface area contributed by atoms with Crippen LogP contribution in [0.25, 0.3) is 15.5 Å². The average Bonchev–Trinajstić information content (AvgIpc) is 2.86. The lowest BCUT2D eigenvalue weighted by Crippen LogP contribution is -2.16. The van der Waals surface area contributed by atoms with Gasteiger partial charge in [0.25, 0.3) is 0 Å². The molecule has 0 atom stereocenters. The summed E-state index contributed by atoms with van der Waals surface area (Å²) < 4.78 is 15.6. The van der Waals surface area contributed by atoms with Gasteiger partial charge in [-0.2, -0.15) is 9.61 Å². The fourth-order valence-corrected chi connectivity index (χ4v) is 2.76. The predicted molar refractivity (Wildman–Crippen MR) is 77.2 cm³/mol. The highest BCUT2D eigenvalue weighted by Gasteiger charge is 2.24. The van der Waals surface area contributed by atoms with Crippen LogP contribution in [0.3, 0.4) is 0 Å². The van der Waals surface area contributed by atoms with Crippen molar-refractivity contribution in [1.82, 2.24) is 19.8 Å². The van der Waals surface area contributed by atoms with Gasteiger partial charge in [0.15, 0.2) is 10.8 Å². The van der Waals surface area contributed by atoms with Gasteiger partial charge in [-0.05, 0) is 18.2 Å². The number of hydrogen-bond donors (Lipinski definition) is 1. The van der Waals surface area contributed by atoms with Crippen molar-refractivity contribution < 1.29 is 4.39 Å². The third-order valence-corrected chi connectivity index (χ3v) is 3.82. The van der Waals surface area contributed by atoms with Crippen LogP contribution in [0.2, 0.25) is 0 Å².